The molecule has 0 fully saturated rings. The second kappa shape index (κ2) is 11.9. The fraction of sp³-hybridized carbons (Fsp3) is 0.250. The van der Waals surface area contributed by atoms with Gasteiger partial charge in [0.15, 0.2) is 0 Å². The van der Waals surface area contributed by atoms with E-state index in [1.54, 1.807) is 18.2 Å². The maximum absolute atomic E-state index is 14.6. The molecule has 0 spiro atoms. The summed E-state index contributed by atoms with van der Waals surface area (Å²) in [6, 6.07) is 27.2. The molecule has 7 heteroatoms. The average molecular weight is 594 g/mol. The summed E-state index contributed by atoms with van der Waals surface area (Å²) >= 11 is 3.30. The van der Waals surface area contributed by atoms with E-state index in [1.165, 1.54) is 18.2 Å². The van der Waals surface area contributed by atoms with Crippen LogP contribution in [0.2, 0.25) is 0 Å². The Morgan fingerprint density at radius 3 is 2.41 bits per heavy atom. The first-order valence-corrected chi connectivity index (χ1v) is 13.6. The fourth-order valence-electron chi connectivity index (χ4n) is 4.74. The maximum atomic E-state index is 14.6. The molecule has 0 bridgehead atoms. The van der Waals surface area contributed by atoms with Crippen LogP contribution in [0.25, 0.3) is 0 Å². The Labute approximate surface area is 236 Å². The van der Waals surface area contributed by atoms with Crippen LogP contribution in [0.5, 0.6) is 5.75 Å². The average Bonchev–Trinajstić information content (AvgIpc) is 2.91. The molecule has 1 heterocycles. The Morgan fingerprint density at radius 2 is 1.64 bits per heavy atom. The minimum Gasteiger partial charge on any atom is -0.485 e. The highest BCUT2D eigenvalue weighted by atomic mass is 79.9. The molecule has 0 radical (unpaired) electrons. The largest absolute Gasteiger partial charge is 0.485 e. The van der Waals surface area contributed by atoms with Gasteiger partial charge in [-0.3, -0.25) is 0 Å². The molecule has 1 aliphatic rings. The first kappa shape index (κ1) is 27.3. The molecule has 5 rings (SSSR count). The zero-order valence-electron chi connectivity index (χ0n) is 21.8. The van der Waals surface area contributed by atoms with Crippen molar-refractivity contribution in [3.63, 3.8) is 0 Å². The summed E-state index contributed by atoms with van der Waals surface area (Å²) in [4.78, 5) is 0. The third-order valence-corrected chi connectivity index (χ3v) is 7.23. The van der Waals surface area contributed by atoms with E-state index in [1.807, 2.05) is 68.4 Å². The zero-order chi connectivity index (χ0) is 27.4. The normalized spacial score (nSPS) is 17.8. The number of fused-ring (bicyclic) bond motifs is 1. The molecular weight excluding hydrogens is 564 g/mol. The number of rotatable bonds is 9. The molecule has 4 nitrogen and oxygen atoms in total. The quantitative estimate of drug-likeness (QED) is 0.212. The van der Waals surface area contributed by atoms with Crippen molar-refractivity contribution in [1.82, 2.24) is 0 Å². The Morgan fingerprint density at radius 1 is 0.846 bits per heavy atom. The van der Waals surface area contributed by atoms with Crippen LogP contribution in [0.15, 0.2) is 95.5 Å². The Bertz CT molecular complexity index is 1430. The standard InChI is InChI=1S/C32H30BrF2NO3/c1-32(2)31(38-20-23-11-12-24(33)16-28(23)35)30(37-19-21-7-4-3-5-8-21)27-17-26(13-14-29(27)39-32)36-18-22-9-6-10-25(34)15-22/h3-17,30-31,36H,18-20H2,1-2H3. The highest BCUT2D eigenvalue weighted by Crippen LogP contribution is 2.45. The van der Waals surface area contributed by atoms with E-state index in [9.17, 15) is 8.78 Å². The van der Waals surface area contributed by atoms with Gasteiger partial charge in [0.05, 0.1) is 13.2 Å². The second-order valence-electron chi connectivity index (χ2n) is 10.1. The fourth-order valence-corrected chi connectivity index (χ4v) is 5.07. The number of hydrogen-bond donors (Lipinski definition) is 1. The predicted octanol–water partition coefficient (Wildman–Crippen LogP) is 8.35. The summed E-state index contributed by atoms with van der Waals surface area (Å²) < 4.78 is 48.2. The van der Waals surface area contributed by atoms with Crippen molar-refractivity contribution >= 4 is 21.6 Å². The third-order valence-electron chi connectivity index (χ3n) is 6.74. The van der Waals surface area contributed by atoms with Crippen LogP contribution in [0, 0.1) is 11.6 Å². The van der Waals surface area contributed by atoms with Crippen molar-refractivity contribution in [3.05, 3.63) is 129 Å². The summed E-state index contributed by atoms with van der Waals surface area (Å²) in [5, 5.41) is 3.37. The van der Waals surface area contributed by atoms with Crippen LogP contribution in [-0.2, 0) is 29.2 Å². The summed E-state index contributed by atoms with van der Waals surface area (Å²) in [5.41, 5.74) is 3.23. The molecule has 0 saturated heterocycles. The first-order valence-electron chi connectivity index (χ1n) is 12.8. The van der Waals surface area contributed by atoms with Gasteiger partial charge in [0.25, 0.3) is 0 Å². The lowest BCUT2D eigenvalue weighted by molar-refractivity contribution is -0.171. The van der Waals surface area contributed by atoms with Gasteiger partial charge in [-0.25, -0.2) is 8.78 Å². The van der Waals surface area contributed by atoms with Crippen LogP contribution in [0.1, 0.15) is 42.2 Å². The van der Waals surface area contributed by atoms with Crippen molar-refractivity contribution in [2.24, 2.45) is 0 Å². The third kappa shape index (κ3) is 6.67. The van der Waals surface area contributed by atoms with E-state index in [-0.39, 0.29) is 18.2 Å². The Kier molecular flexibility index (Phi) is 8.31. The summed E-state index contributed by atoms with van der Waals surface area (Å²) in [6.07, 6.45) is -1.02. The van der Waals surface area contributed by atoms with Gasteiger partial charge in [0.1, 0.15) is 35.2 Å². The molecule has 2 unspecified atom stereocenters. The van der Waals surface area contributed by atoms with Crippen LogP contribution in [0.4, 0.5) is 14.5 Å². The lowest BCUT2D eigenvalue weighted by Gasteiger charge is -2.44. The number of ether oxygens (including phenoxy) is 3. The summed E-state index contributed by atoms with van der Waals surface area (Å²) in [6.45, 7) is 4.80. The molecule has 1 N–H and O–H groups in total. The molecule has 4 aromatic carbocycles. The minimum absolute atomic E-state index is 0.0641. The molecule has 202 valence electrons. The van der Waals surface area contributed by atoms with Gasteiger partial charge < -0.3 is 19.5 Å². The van der Waals surface area contributed by atoms with E-state index >= 15 is 0 Å². The van der Waals surface area contributed by atoms with Crippen molar-refractivity contribution < 1.29 is 23.0 Å². The molecule has 0 amide bonds. The van der Waals surface area contributed by atoms with Crippen LogP contribution in [0.3, 0.4) is 0 Å². The molecule has 0 aromatic heterocycles. The van der Waals surface area contributed by atoms with Gasteiger partial charge in [0.2, 0.25) is 0 Å². The molecule has 0 saturated carbocycles. The van der Waals surface area contributed by atoms with E-state index in [4.69, 9.17) is 14.2 Å². The monoisotopic (exact) mass is 593 g/mol. The maximum Gasteiger partial charge on any atom is 0.132 e. The van der Waals surface area contributed by atoms with Gasteiger partial charge in [-0.15, -0.1) is 0 Å². The number of halogens is 3. The van der Waals surface area contributed by atoms with Crippen molar-refractivity contribution in [3.8, 4) is 5.75 Å². The lowest BCUT2D eigenvalue weighted by atomic mass is 9.87. The number of hydrogen-bond acceptors (Lipinski definition) is 4. The second-order valence-corrected chi connectivity index (χ2v) is 11.0. The number of nitrogens with one attached hydrogen (secondary N) is 1. The predicted molar refractivity (Wildman–Crippen MR) is 152 cm³/mol. The topological polar surface area (TPSA) is 39.7 Å². The summed E-state index contributed by atoms with van der Waals surface area (Å²) in [7, 11) is 0. The minimum atomic E-state index is -0.753. The van der Waals surface area contributed by atoms with E-state index in [0.29, 0.717) is 28.9 Å². The highest BCUT2D eigenvalue weighted by molar-refractivity contribution is 9.10. The Hall–Kier alpha value is -3.26. The first-order chi connectivity index (χ1) is 18.8. The summed E-state index contributed by atoms with van der Waals surface area (Å²) in [5.74, 6) is 0.0842. The van der Waals surface area contributed by atoms with Gasteiger partial charge in [-0.1, -0.05) is 64.5 Å². The van der Waals surface area contributed by atoms with Crippen LogP contribution >= 0.6 is 15.9 Å². The molecule has 0 aliphatic carbocycles. The smallest absolute Gasteiger partial charge is 0.132 e. The SMILES string of the molecule is CC1(C)Oc2ccc(NCc3cccc(F)c3)cc2C(OCc2ccccc2)C1OCc1ccc(Br)cc1F. The molecule has 1 aliphatic heterocycles. The molecule has 39 heavy (non-hydrogen) atoms. The molecule has 4 aromatic rings. The molecular formula is C32H30BrF2NO3. The van der Waals surface area contributed by atoms with E-state index in [0.717, 1.165) is 22.4 Å². The van der Waals surface area contributed by atoms with Gasteiger partial charge in [-0.2, -0.15) is 0 Å². The number of anilines is 1. The van der Waals surface area contributed by atoms with Crippen molar-refractivity contribution in [2.75, 3.05) is 5.32 Å². The molecule has 2 atom stereocenters. The van der Waals surface area contributed by atoms with Crippen molar-refractivity contribution in [2.45, 2.75) is 51.4 Å². The van der Waals surface area contributed by atoms with Crippen molar-refractivity contribution in [1.29, 1.82) is 0 Å². The van der Waals surface area contributed by atoms with Gasteiger partial charge in [-0.05, 0) is 67.4 Å². The van der Waals surface area contributed by atoms with Crippen LogP contribution < -0.4 is 10.1 Å². The lowest BCUT2D eigenvalue weighted by Crippen LogP contribution is -2.51. The highest BCUT2D eigenvalue weighted by Gasteiger charge is 2.46. The number of benzene rings is 4. The van der Waals surface area contributed by atoms with E-state index in [2.05, 4.69) is 21.2 Å². The Balaban J connectivity index is 1.43. The van der Waals surface area contributed by atoms with E-state index < -0.39 is 17.8 Å². The van der Waals surface area contributed by atoms with Gasteiger partial charge >= 0.3 is 0 Å². The van der Waals surface area contributed by atoms with Crippen LogP contribution in [-0.4, -0.2) is 11.7 Å². The van der Waals surface area contributed by atoms with Gasteiger partial charge in [0, 0.05) is 27.8 Å². The zero-order valence-corrected chi connectivity index (χ0v) is 23.4.